The zero-order valence-corrected chi connectivity index (χ0v) is 26.7. The molecule has 3 heterocycles. The second-order valence-corrected chi connectivity index (χ2v) is 13.3. The molecule has 2 aliphatic heterocycles. The van der Waals surface area contributed by atoms with Crippen LogP contribution in [0.1, 0.15) is 53.6 Å². The first kappa shape index (κ1) is 30.0. The van der Waals surface area contributed by atoms with E-state index >= 15 is 0 Å². The molecule has 11 heteroatoms. The topological polar surface area (TPSA) is 97.2 Å². The van der Waals surface area contributed by atoms with Crippen LogP contribution in [0.5, 0.6) is 0 Å². The van der Waals surface area contributed by atoms with Gasteiger partial charge in [-0.15, -0.1) is 0 Å². The summed E-state index contributed by atoms with van der Waals surface area (Å²) in [6, 6.07) is 17.1. The number of carbonyl (C=O) groups excluding carboxylic acids is 3. The van der Waals surface area contributed by atoms with Gasteiger partial charge in [0.15, 0.2) is 0 Å². The third-order valence-corrected chi connectivity index (χ3v) is 10.4. The maximum atomic E-state index is 13.6. The Morgan fingerprint density at radius 3 is 2.31 bits per heavy atom. The van der Waals surface area contributed by atoms with Gasteiger partial charge in [-0.25, -0.2) is 0 Å². The fourth-order valence-corrected chi connectivity index (χ4v) is 7.40. The van der Waals surface area contributed by atoms with E-state index in [2.05, 4.69) is 21.9 Å². The molecule has 0 saturated carbocycles. The molecule has 0 bridgehead atoms. The van der Waals surface area contributed by atoms with Gasteiger partial charge >= 0.3 is 254 Å². The van der Waals surface area contributed by atoms with Crippen LogP contribution in [0.4, 0.5) is 10.5 Å². The summed E-state index contributed by atoms with van der Waals surface area (Å²) in [6.07, 6.45) is -0.991. The number of carbonyl (C=O) groups is 3. The Hall–Kier alpha value is -3.46. The molecule has 2 aromatic carbocycles. The van der Waals surface area contributed by atoms with Crippen LogP contribution in [0.15, 0.2) is 54.6 Å². The minimum absolute atomic E-state index is 0.0199. The summed E-state index contributed by atoms with van der Waals surface area (Å²) in [5, 5.41) is 4.59. The average Bonchev–Trinajstić information content (AvgIpc) is 3.59. The van der Waals surface area contributed by atoms with Crippen LogP contribution >= 0.6 is 0 Å². The summed E-state index contributed by atoms with van der Waals surface area (Å²) >= 11 is -1.42. The van der Waals surface area contributed by atoms with Gasteiger partial charge in [-0.05, 0) is 0 Å². The van der Waals surface area contributed by atoms with Crippen molar-refractivity contribution < 1.29 is 23.9 Å². The van der Waals surface area contributed by atoms with Crippen LogP contribution < -0.4 is 9.38 Å². The van der Waals surface area contributed by atoms with Crippen molar-refractivity contribution in [2.75, 3.05) is 45.2 Å². The molecule has 1 aromatic heterocycles. The molecule has 42 heavy (non-hydrogen) atoms. The summed E-state index contributed by atoms with van der Waals surface area (Å²) in [6.45, 7) is 8.13. The number of nitrogens with zero attached hydrogens (tertiary/aromatic N) is 5. The van der Waals surface area contributed by atoms with Crippen molar-refractivity contribution in [3.8, 4) is 0 Å². The Bertz CT molecular complexity index is 1420. The van der Waals surface area contributed by atoms with Gasteiger partial charge in [0.2, 0.25) is 0 Å². The molecule has 3 aromatic rings. The van der Waals surface area contributed by atoms with Gasteiger partial charge in [-0.3, -0.25) is 0 Å². The van der Waals surface area contributed by atoms with E-state index in [9.17, 15) is 14.4 Å². The van der Waals surface area contributed by atoms with Gasteiger partial charge in [0, 0.05) is 0 Å². The second-order valence-electron chi connectivity index (χ2n) is 10.8. The van der Waals surface area contributed by atoms with Gasteiger partial charge < -0.3 is 0 Å². The molecule has 0 radical (unpaired) electrons. The number of hydrogen-bond acceptors (Lipinski definition) is 8. The molecule has 1 saturated heterocycles. The molecule has 3 atom stereocenters. The van der Waals surface area contributed by atoms with Gasteiger partial charge in [0.05, 0.1) is 0 Å². The number of anilines is 1. The standard InChI is InChI=1S/C31H38AsN5O5/c1-5-21(2)42-31(40)37-26-20-36(30(39)27(41-4)22-9-7-6-8-10-22)19-25(26)28(33-37)32-29(38)23-11-13-24(14-12-23)35-17-15-34(3)16-18-35/h6-14,21,27,32H,5,15-20H2,1-4H3. The van der Waals surface area contributed by atoms with Gasteiger partial charge in [0.25, 0.3) is 0 Å². The number of likely N-dealkylation sites (N-methyl/N-ethyl adjacent to an activating group) is 1. The summed E-state index contributed by atoms with van der Waals surface area (Å²) < 4.78 is 13.0. The molecule has 3 unspecified atom stereocenters. The number of methoxy groups -OCH3 is 1. The van der Waals surface area contributed by atoms with Crippen molar-refractivity contribution in [3.63, 3.8) is 0 Å². The van der Waals surface area contributed by atoms with Gasteiger partial charge in [-0.1, -0.05) is 0 Å². The molecule has 222 valence electrons. The number of amides is 1. The van der Waals surface area contributed by atoms with E-state index in [4.69, 9.17) is 9.47 Å². The first-order chi connectivity index (χ1) is 20.3. The summed E-state index contributed by atoms with van der Waals surface area (Å²) in [4.78, 5) is 46.5. The molecule has 1 fully saturated rings. The fourth-order valence-electron chi connectivity index (χ4n) is 5.20. The van der Waals surface area contributed by atoms with Crippen molar-refractivity contribution in [2.45, 2.75) is 45.6 Å². The van der Waals surface area contributed by atoms with Crippen molar-refractivity contribution in [1.29, 1.82) is 0 Å². The third kappa shape index (κ3) is 6.46. The van der Waals surface area contributed by atoms with Crippen molar-refractivity contribution in [1.82, 2.24) is 19.6 Å². The molecule has 10 nitrogen and oxygen atoms in total. The van der Waals surface area contributed by atoms with E-state index in [1.807, 2.05) is 68.4 Å². The molecule has 0 N–H and O–H groups in total. The predicted octanol–water partition coefficient (Wildman–Crippen LogP) is 2.55. The Labute approximate surface area is 253 Å². The van der Waals surface area contributed by atoms with Crippen LogP contribution in [-0.4, -0.2) is 98.3 Å². The summed E-state index contributed by atoms with van der Waals surface area (Å²) in [7, 11) is 3.63. The predicted molar refractivity (Wildman–Crippen MR) is 162 cm³/mol. The molecule has 5 rings (SSSR count). The van der Waals surface area contributed by atoms with E-state index in [1.165, 1.54) is 11.8 Å². The van der Waals surface area contributed by atoms with Crippen molar-refractivity contribution in [3.05, 3.63) is 77.0 Å². The fraction of sp³-hybridized carbons (Fsp3) is 0.419. The zero-order valence-electron chi connectivity index (χ0n) is 24.6. The third-order valence-electron chi connectivity index (χ3n) is 7.93. The van der Waals surface area contributed by atoms with E-state index in [0.29, 0.717) is 22.2 Å². The number of benzene rings is 2. The van der Waals surface area contributed by atoms with Gasteiger partial charge in [0.1, 0.15) is 0 Å². The number of hydrogen-bond donors (Lipinski definition) is 0. The van der Waals surface area contributed by atoms with Crippen LogP contribution in [0.3, 0.4) is 0 Å². The zero-order chi connectivity index (χ0) is 29.8. The Morgan fingerprint density at radius 2 is 1.67 bits per heavy atom. The molecule has 0 spiro atoms. The molecule has 2 aliphatic rings. The number of piperazine rings is 1. The van der Waals surface area contributed by atoms with Crippen LogP contribution in [-0.2, 0) is 27.4 Å². The first-order valence-corrected chi connectivity index (χ1v) is 16.4. The van der Waals surface area contributed by atoms with E-state index in [0.717, 1.165) is 43.0 Å². The Morgan fingerprint density at radius 1 is 0.976 bits per heavy atom. The molecule has 0 aliphatic carbocycles. The van der Waals surface area contributed by atoms with Gasteiger partial charge in [-0.2, -0.15) is 0 Å². The number of aromatic nitrogens is 2. The maximum absolute atomic E-state index is 13.6. The Balaban J connectivity index is 1.36. The Kier molecular flexibility index (Phi) is 9.46. The summed E-state index contributed by atoms with van der Waals surface area (Å²) in [5.41, 5.74) is 3.85. The SMILES string of the molecule is CCC(C)OC(=O)n1nc([AsH]C(=O)c2ccc(N3CCN(C)CC3)cc2)c2c1CN(C(=O)C(OC)c1ccccc1)C2. The monoisotopic (exact) mass is 635 g/mol. The average molecular weight is 636 g/mol. The second kappa shape index (κ2) is 13.2. The molecular weight excluding hydrogens is 597 g/mol. The van der Waals surface area contributed by atoms with Crippen LogP contribution in [0.25, 0.3) is 0 Å². The van der Waals surface area contributed by atoms with E-state index in [1.54, 1.807) is 4.90 Å². The minimum atomic E-state index is -1.42. The quantitative estimate of drug-likeness (QED) is 0.331. The normalized spacial score (nSPS) is 17.0. The molecular formula is C31H38AsN5O5. The first-order valence-electron chi connectivity index (χ1n) is 14.3. The van der Waals surface area contributed by atoms with E-state index in [-0.39, 0.29) is 29.7 Å². The number of fused-ring (bicyclic) bond motifs is 1. The van der Waals surface area contributed by atoms with Crippen molar-refractivity contribution >= 4 is 42.5 Å². The number of rotatable bonds is 9. The van der Waals surface area contributed by atoms with Crippen LogP contribution in [0, 0.1) is 0 Å². The molecule has 1 amide bonds. The van der Waals surface area contributed by atoms with E-state index < -0.39 is 27.9 Å². The number of ether oxygens (including phenoxy) is 2. The summed E-state index contributed by atoms with van der Waals surface area (Å²) in [5.74, 6) is -0.210. The van der Waals surface area contributed by atoms with Crippen LogP contribution in [0.2, 0.25) is 0 Å². The van der Waals surface area contributed by atoms with Crippen molar-refractivity contribution in [2.24, 2.45) is 0 Å².